The Balaban J connectivity index is 1.32. The van der Waals surface area contributed by atoms with Crippen LogP contribution in [0.4, 0.5) is 4.39 Å². The number of fused-ring (bicyclic) bond motifs is 1. The van der Waals surface area contributed by atoms with Gasteiger partial charge in [0, 0.05) is 36.3 Å². The van der Waals surface area contributed by atoms with Crippen LogP contribution in [0.2, 0.25) is 0 Å². The molecule has 2 aromatic carbocycles. The van der Waals surface area contributed by atoms with Crippen LogP contribution in [0.5, 0.6) is 0 Å². The van der Waals surface area contributed by atoms with Crippen molar-refractivity contribution >= 4 is 33.0 Å². The Hall–Kier alpha value is -3.00. The zero-order valence-corrected chi connectivity index (χ0v) is 19.6. The van der Waals surface area contributed by atoms with E-state index in [0.717, 1.165) is 16.5 Å². The molecule has 3 aromatic rings. The molecule has 4 rings (SSSR count). The van der Waals surface area contributed by atoms with E-state index in [1.54, 1.807) is 30.3 Å². The number of carbonyl (C=O) groups excluding carboxylic acids is 1. The lowest BCUT2D eigenvalue weighted by atomic mass is 9.82. The molecule has 1 amide bonds. The van der Waals surface area contributed by atoms with Gasteiger partial charge in [0.1, 0.15) is 5.82 Å². The standard InChI is InChI=1S/C25H28FN3O3S/c1-17(19-7-9-22(26)10-8-19)28-25(30)20-5-3-18(4-6-20)16-27-33(31,32)23-11-12-24-21(15-23)13-14-29(24)2/h7-18,20H,3-6H2,1-2H3,(H,28,30)/b27-16+/t17-,18?,20?/m1/s1. The molecule has 1 aliphatic carbocycles. The van der Waals surface area contributed by atoms with Gasteiger partial charge in [0.25, 0.3) is 10.0 Å². The fourth-order valence-electron chi connectivity index (χ4n) is 4.34. The van der Waals surface area contributed by atoms with E-state index in [1.807, 2.05) is 30.8 Å². The maximum absolute atomic E-state index is 13.1. The lowest BCUT2D eigenvalue weighted by Crippen LogP contribution is -2.35. The Bertz CT molecular complexity index is 1270. The van der Waals surface area contributed by atoms with Crippen molar-refractivity contribution in [3.05, 3.63) is 66.1 Å². The van der Waals surface area contributed by atoms with E-state index in [4.69, 9.17) is 0 Å². The minimum absolute atomic E-state index is 0.0222. The molecule has 0 bridgehead atoms. The molecular weight excluding hydrogens is 441 g/mol. The highest BCUT2D eigenvalue weighted by Gasteiger charge is 2.27. The number of aryl methyl sites for hydroxylation is 1. The van der Waals surface area contributed by atoms with Gasteiger partial charge in [-0.2, -0.15) is 12.8 Å². The number of hydrogen-bond donors (Lipinski definition) is 1. The molecule has 1 N–H and O–H groups in total. The third-order valence-electron chi connectivity index (χ3n) is 6.44. The Morgan fingerprint density at radius 2 is 1.82 bits per heavy atom. The van der Waals surface area contributed by atoms with Crippen LogP contribution in [-0.4, -0.2) is 25.1 Å². The van der Waals surface area contributed by atoms with E-state index >= 15 is 0 Å². The van der Waals surface area contributed by atoms with Crippen molar-refractivity contribution in [3.63, 3.8) is 0 Å². The van der Waals surface area contributed by atoms with Crippen LogP contribution >= 0.6 is 0 Å². The summed E-state index contributed by atoms with van der Waals surface area (Å²) in [5.74, 6) is -0.417. The Morgan fingerprint density at radius 1 is 1.12 bits per heavy atom. The number of hydrogen-bond acceptors (Lipinski definition) is 3. The van der Waals surface area contributed by atoms with E-state index in [-0.39, 0.29) is 34.5 Å². The summed E-state index contributed by atoms with van der Waals surface area (Å²) in [7, 11) is -1.86. The molecule has 1 aliphatic rings. The zero-order valence-electron chi connectivity index (χ0n) is 18.7. The third-order valence-corrected chi connectivity index (χ3v) is 7.69. The molecule has 1 fully saturated rings. The molecular formula is C25H28FN3O3S. The average molecular weight is 470 g/mol. The lowest BCUT2D eigenvalue weighted by molar-refractivity contribution is -0.126. The van der Waals surface area contributed by atoms with Gasteiger partial charge in [0.05, 0.1) is 10.9 Å². The van der Waals surface area contributed by atoms with Crippen molar-refractivity contribution in [2.24, 2.45) is 23.3 Å². The number of nitrogens with zero attached hydrogens (tertiary/aromatic N) is 2. The summed E-state index contributed by atoms with van der Waals surface area (Å²) in [6, 6.07) is 12.8. The maximum atomic E-state index is 13.1. The predicted molar refractivity (Wildman–Crippen MR) is 127 cm³/mol. The van der Waals surface area contributed by atoms with E-state index < -0.39 is 10.0 Å². The molecule has 0 saturated heterocycles. The Kier molecular flexibility index (Phi) is 6.65. The van der Waals surface area contributed by atoms with Gasteiger partial charge in [-0.3, -0.25) is 4.79 Å². The summed E-state index contributed by atoms with van der Waals surface area (Å²) >= 11 is 0. The fraction of sp³-hybridized carbons (Fsp3) is 0.360. The van der Waals surface area contributed by atoms with Gasteiger partial charge in [0.15, 0.2) is 0 Å². The maximum Gasteiger partial charge on any atom is 0.282 e. The van der Waals surface area contributed by atoms with E-state index in [0.29, 0.717) is 25.7 Å². The third kappa shape index (κ3) is 5.33. The van der Waals surface area contributed by atoms with Crippen molar-refractivity contribution in [1.29, 1.82) is 0 Å². The first-order valence-corrected chi connectivity index (χ1v) is 12.6. The smallest absolute Gasteiger partial charge is 0.282 e. The van der Waals surface area contributed by atoms with Crippen LogP contribution < -0.4 is 5.32 Å². The zero-order chi connectivity index (χ0) is 23.6. The van der Waals surface area contributed by atoms with Gasteiger partial charge in [-0.05, 0) is 80.5 Å². The SMILES string of the molecule is C[C@@H](NC(=O)C1CCC(/C=N/S(=O)(=O)c2ccc3c(ccn3C)c2)CC1)c1ccc(F)cc1. The molecule has 33 heavy (non-hydrogen) atoms. The first-order chi connectivity index (χ1) is 15.7. The van der Waals surface area contributed by atoms with Crippen LogP contribution in [0.1, 0.15) is 44.2 Å². The number of halogens is 1. The molecule has 1 saturated carbocycles. The average Bonchev–Trinajstić information content (AvgIpc) is 3.18. The van der Waals surface area contributed by atoms with Crippen molar-refractivity contribution in [1.82, 2.24) is 9.88 Å². The minimum atomic E-state index is -3.77. The number of sulfonamides is 1. The predicted octanol–water partition coefficient (Wildman–Crippen LogP) is 4.76. The summed E-state index contributed by atoms with van der Waals surface area (Å²) < 4.78 is 44.3. The topological polar surface area (TPSA) is 80.5 Å². The highest BCUT2D eigenvalue weighted by molar-refractivity contribution is 7.90. The van der Waals surface area contributed by atoms with Crippen LogP contribution in [0.15, 0.2) is 64.0 Å². The van der Waals surface area contributed by atoms with Gasteiger partial charge in [-0.1, -0.05) is 12.1 Å². The summed E-state index contributed by atoms with van der Waals surface area (Å²) in [5, 5.41) is 3.86. The van der Waals surface area contributed by atoms with Crippen LogP contribution in [0.25, 0.3) is 10.9 Å². The molecule has 0 radical (unpaired) electrons. The number of amides is 1. The monoisotopic (exact) mass is 469 g/mol. The largest absolute Gasteiger partial charge is 0.351 e. The van der Waals surface area contributed by atoms with Crippen LogP contribution in [0.3, 0.4) is 0 Å². The van der Waals surface area contributed by atoms with E-state index in [1.165, 1.54) is 18.3 Å². The molecule has 1 heterocycles. The number of nitrogens with one attached hydrogen (secondary N) is 1. The lowest BCUT2D eigenvalue weighted by Gasteiger charge is -2.27. The van der Waals surface area contributed by atoms with Crippen molar-refractivity contribution < 1.29 is 17.6 Å². The van der Waals surface area contributed by atoms with E-state index in [2.05, 4.69) is 9.71 Å². The minimum Gasteiger partial charge on any atom is -0.351 e. The molecule has 1 atom stereocenters. The van der Waals surface area contributed by atoms with E-state index in [9.17, 15) is 17.6 Å². The normalized spacial score (nSPS) is 20.2. The van der Waals surface area contributed by atoms with Crippen molar-refractivity contribution in [2.45, 2.75) is 43.5 Å². The van der Waals surface area contributed by atoms with Gasteiger partial charge >= 0.3 is 0 Å². The second-order valence-corrected chi connectivity index (χ2v) is 10.4. The highest BCUT2D eigenvalue weighted by atomic mass is 32.2. The second-order valence-electron chi connectivity index (χ2n) is 8.77. The van der Waals surface area contributed by atoms with Gasteiger partial charge in [0.2, 0.25) is 5.91 Å². The number of carbonyl (C=O) groups is 1. The first kappa shape index (κ1) is 23.2. The Morgan fingerprint density at radius 3 is 2.52 bits per heavy atom. The number of aromatic nitrogens is 1. The Labute approximate surface area is 193 Å². The van der Waals surface area contributed by atoms with Gasteiger partial charge in [-0.15, -0.1) is 0 Å². The molecule has 0 spiro atoms. The molecule has 8 heteroatoms. The molecule has 0 aliphatic heterocycles. The summed E-state index contributed by atoms with van der Waals surface area (Å²) in [4.78, 5) is 12.8. The van der Waals surface area contributed by atoms with Crippen molar-refractivity contribution in [2.75, 3.05) is 0 Å². The summed E-state index contributed by atoms with van der Waals surface area (Å²) in [6.45, 7) is 1.88. The first-order valence-electron chi connectivity index (χ1n) is 11.1. The quantitative estimate of drug-likeness (QED) is 0.529. The molecule has 0 unspecified atom stereocenters. The van der Waals surface area contributed by atoms with Crippen LogP contribution in [-0.2, 0) is 21.9 Å². The van der Waals surface area contributed by atoms with Crippen molar-refractivity contribution in [3.8, 4) is 0 Å². The number of rotatable bonds is 6. The van der Waals surface area contributed by atoms with Gasteiger partial charge < -0.3 is 9.88 Å². The second kappa shape index (κ2) is 9.47. The molecule has 6 nitrogen and oxygen atoms in total. The molecule has 1 aromatic heterocycles. The number of benzene rings is 2. The van der Waals surface area contributed by atoms with Gasteiger partial charge in [-0.25, -0.2) is 4.39 Å². The molecule has 174 valence electrons. The fourth-order valence-corrected chi connectivity index (χ4v) is 5.31. The highest BCUT2D eigenvalue weighted by Crippen LogP contribution is 2.29. The van der Waals surface area contributed by atoms with Crippen LogP contribution in [0, 0.1) is 17.7 Å². The summed E-state index contributed by atoms with van der Waals surface area (Å²) in [6.07, 6.45) is 6.18. The summed E-state index contributed by atoms with van der Waals surface area (Å²) in [5.41, 5.74) is 1.81.